The van der Waals surface area contributed by atoms with E-state index in [0.717, 1.165) is 30.2 Å². The van der Waals surface area contributed by atoms with E-state index in [1.54, 1.807) is 28.8 Å². The van der Waals surface area contributed by atoms with Crippen LogP contribution in [0.25, 0.3) is 10.7 Å². The topological polar surface area (TPSA) is 98.1 Å². The predicted molar refractivity (Wildman–Crippen MR) is 113 cm³/mol. The Labute approximate surface area is 179 Å². The second kappa shape index (κ2) is 9.53. The zero-order valence-corrected chi connectivity index (χ0v) is 17.8. The minimum atomic E-state index is -0.333. The zero-order valence-electron chi connectivity index (χ0n) is 15.4. The summed E-state index contributed by atoms with van der Waals surface area (Å²) in [7, 11) is 0. The normalized spacial score (nSPS) is 16.1. The van der Waals surface area contributed by atoms with Gasteiger partial charge in [0, 0.05) is 6.61 Å². The first-order chi connectivity index (χ1) is 14.2. The summed E-state index contributed by atoms with van der Waals surface area (Å²) in [5.74, 6) is 0.243. The summed E-state index contributed by atoms with van der Waals surface area (Å²) in [5, 5.41) is 13.1. The molecule has 1 aliphatic heterocycles. The van der Waals surface area contributed by atoms with Crippen LogP contribution in [0.2, 0.25) is 0 Å². The fourth-order valence-corrected chi connectivity index (χ4v) is 4.99. The number of hydrogen-bond acceptors (Lipinski definition) is 8. The molecule has 3 aromatic heterocycles. The van der Waals surface area contributed by atoms with Crippen molar-refractivity contribution in [3.63, 3.8) is 0 Å². The van der Waals surface area contributed by atoms with Crippen LogP contribution in [-0.2, 0) is 16.1 Å². The molecule has 0 aromatic carbocycles. The molecule has 3 aromatic rings. The van der Waals surface area contributed by atoms with Crippen molar-refractivity contribution >= 4 is 46.2 Å². The van der Waals surface area contributed by atoms with E-state index in [0.29, 0.717) is 16.6 Å². The highest BCUT2D eigenvalue weighted by atomic mass is 32.2. The first-order valence-corrected chi connectivity index (χ1v) is 11.8. The molecule has 0 saturated carbocycles. The maximum Gasteiger partial charge on any atom is 0.279 e. The summed E-state index contributed by atoms with van der Waals surface area (Å²) >= 11 is 4.19. The minimum absolute atomic E-state index is 0.110. The number of thiophene rings is 2. The molecule has 0 unspecified atom stereocenters. The molecule has 8 nitrogen and oxygen atoms in total. The summed E-state index contributed by atoms with van der Waals surface area (Å²) in [6.07, 6.45) is 2.18. The third-order valence-electron chi connectivity index (χ3n) is 4.26. The van der Waals surface area contributed by atoms with Gasteiger partial charge in [-0.25, -0.2) is 0 Å². The highest BCUT2D eigenvalue weighted by molar-refractivity contribution is 7.99. The highest BCUT2D eigenvalue weighted by Gasteiger charge is 2.22. The van der Waals surface area contributed by atoms with Crippen LogP contribution in [0.3, 0.4) is 0 Å². The Morgan fingerprint density at radius 1 is 1.21 bits per heavy atom. The van der Waals surface area contributed by atoms with Crippen LogP contribution in [-0.4, -0.2) is 45.0 Å². The number of thioether (sulfide) groups is 1. The minimum Gasteiger partial charge on any atom is -0.376 e. The van der Waals surface area contributed by atoms with Crippen LogP contribution in [0, 0.1) is 0 Å². The molecular weight excluding hydrogens is 430 g/mol. The highest BCUT2D eigenvalue weighted by Crippen LogP contribution is 2.29. The number of amides is 2. The van der Waals surface area contributed by atoms with E-state index in [1.165, 1.54) is 23.1 Å². The van der Waals surface area contributed by atoms with Crippen LogP contribution >= 0.6 is 34.4 Å². The van der Waals surface area contributed by atoms with Crippen molar-refractivity contribution in [1.29, 1.82) is 0 Å². The van der Waals surface area contributed by atoms with Crippen molar-refractivity contribution in [2.75, 3.05) is 12.4 Å². The molecule has 0 aliphatic carbocycles. The van der Waals surface area contributed by atoms with Crippen LogP contribution in [0.5, 0.6) is 0 Å². The summed E-state index contributed by atoms with van der Waals surface area (Å²) in [6, 6.07) is 7.45. The molecule has 4 heterocycles. The van der Waals surface area contributed by atoms with E-state index in [1.807, 2.05) is 22.1 Å². The lowest BCUT2D eigenvalue weighted by Crippen LogP contribution is -2.42. The van der Waals surface area contributed by atoms with Crippen molar-refractivity contribution in [2.24, 2.45) is 0 Å². The molecule has 152 valence electrons. The van der Waals surface area contributed by atoms with Gasteiger partial charge in [-0.1, -0.05) is 23.9 Å². The first kappa shape index (κ1) is 20.1. The van der Waals surface area contributed by atoms with E-state index in [-0.39, 0.29) is 23.7 Å². The molecule has 29 heavy (non-hydrogen) atoms. The average Bonchev–Trinajstić information content (AvgIpc) is 3.52. The van der Waals surface area contributed by atoms with E-state index < -0.39 is 0 Å². The second-order valence-electron chi connectivity index (χ2n) is 6.30. The number of hydrazine groups is 1. The monoisotopic (exact) mass is 449 g/mol. The molecule has 1 aliphatic rings. The van der Waals surface area contributed by atoms with Crippen molar-refractivity contribution in [3.8, 4) is 10.7 Å². The molecular formula is C18H19N5O3S3. The number of hydrogen-bond donors (Lipinski definition) is 2. The number of rotatable bonds is 7. The molecule has 1 saturated heterocycles. The van der Waals surface area contributed by atoms with Gasteiger partial charge in [0.1, 0.15) is 0 Å². The van der Waals surface area contributed by atoms with E-state index in [2.05, 4.69) is 21.0 Å². The van der Waals surface area contributed by atoms with Crippen molar-refractivity contribution in [2.45, 2.75) is 30.6 Å². The Morgan fingerprint density at radius 3 is 2.79 bits per heavy atom. The third kappa shape index (κ3) is 5.04. The van der Waals surface area contributed by atoms with E-state index in [9.17, 15) is 9.59 Å². The van der Waals surface area contributed by atoms with Gasteiger partial charge >= 0.3 is 0 Å². The van der Waals surface area contributed by atoms with E-state index >= 15 is 0 Å². The molecule has 2 amide bonds. The molecule has 11 heteroatoms. The van der Waals surface area contributed by atoms with Crippen molar-refractivity contribution in [3.05, 3.63) is 39.9 Å². The molecule has 1 fully saturated rings. The lowest BCUT2D eigenvalue weighted by molar-refractivity contribution is -0.119. The van der Waals surface area contributed by atoms with Gasteiger partial charge < -0.3 is 4.74 Å². The summed E-state index contributed by atoms with van der Waals surface area (Å²) in [6.45, 7) is 1.43. The van der Waals surface area contributed by atoms with Gasteiger partial charge in [-0.3, -0.25) is 25.0 Å². The van der Waals surface area contributed by atoms with Crippen LogP contribution in [0.4, 0.5) is 0 Å². The van der Waals surface area contributed by atoms with Gasteiger partial charge in [-0.15, -0.1) is 32.9 Å². The fraction of sp³-hybridized carbons (Fsp3) is 0.333. The number of nitrogens with one attached hydrogen (secondary N) is 2. The number of carbonyl (C=O) groups excluding carboxylic acids is 2. The van der Waals surface area contributed by atoms with Crippen molar-refractivity contribution < 1.29 is 14.3 Å². The number of carbonyl (C=O) groups is 2. The summed E-state index contributed by atoms with van der Waals surface area (Å²) in [4.78, 5) is 25.6. The quantitative estimate of drug-likeness (QED) is 0.425. The van der Waals surface area contributed by atoms with Crippen LogP contribution in [0.15, 0.2) is 40.2 Å². The van der Waals surface area contributed by atoms with E-state index in [4.69, 9.17) is 4.74 Å². The summed E-state index contributed by atoms with van der Waals surface area (Å²) in [5.41, 5.74) is 4.85. The third-order valence-corrected chi connectivity index (χ3v) is 6.96. The Hall–Kier alpha value is -2.21. The van der Waals surface area contributed by atoms with Gasteiger partial charge in [0.2, 0.25) is 5.91 Å². The second-order valence-corrected chi connectivity index (χ2v) is 9.14. The van der Waals surface area contributed by atoms with Crippen LogP contribution < -0.4 is 10.9 Å². The summed E-state index contributed by atoms with van der Waals surface area (Å²) < 4.78 is 7.79. The average molecular weight is 450 g/mol. The van der Waals surface area contributed by atoms with Gasteiger partial charge in [0.25, 0.3) is 5.91 Å². The molecule has 0 bridgehead atoms. The smallest absolute Gasteiger partial charge is 0.279 e. The Balaban J connectivity index is 1.38. The largest absolute Gasteiger partial charge is 0.376 e. The molecule has 0 radical (unpaired) electrons. The van der Waals surface area contributed by atoms with Gasteiger partial charge in [0.15, 0.2) is 11.0 Å². The first-order valence-electron chi connectivity index (χ1n) is 9.05. The number of nitrogens with zero attached hydrogens (tertiary/aromatic N) is 3. The van der Waals surface area contributed by atoms with Gasteiger partial charge in [-0.2, -0.15) is 0 Å². The SMILES string of the molecule is O=C(CSc1nnc(-c2cccs2)n1C[C@H]1CCCO1)NNC(=O)c1cccs1. The maximum atomic E-state index is 12.2. The van der Waals surface area contributed by atoms with Gasteiger partial charge in [-0.05, 0) is 35.7 Å². The molecule has 1 atom stereocenters. The maximum absolute atomic E-state index is 12.2. The zero-order chi connectivity index (χ0) is 20.1. The van der Waals surface area contributed by atoms with Crippen LogP contribution in [0.1, 0.15) is 22.5 Å². The Morgan fingerprint density at radius 2 is 2.07 bits per heavy atom. The molecule has 2 N–H and O–H groups in total. The Kier molecular flexibility index (Phi) is 6.60. The fourth-order valence-electron chi connectivity index (χ4n) is 2.90. The lowest BCUT2D eigenvalue weighted by Gasteiger charge is -2.14. The Bertz CT molecular complexity index is 950. The standard InChI is InChI=1S/C18H19N5O3S3/c24-15(19-21-17(25)14-6-3-9-28-14)11-29-18-22-20-16(13-5-2-8-27-13)23(18)10-12-4-1-7-26-12/h2-3,5-6,8-9,12H,1,4,7,10-11H2,(H,19,24)(H,21,25)/t12-/m1/s1. The van der Waals surface area contributed by atoms with Crippen molar-refractivity contribution in [1.82, 2.24) is 25.6 Å². The molecule has 4 rings (SSSR count). The number of aromatic nitrogens is 3. The number of ether oxygens (including phenoxy) is 1. The lowest BCUT2D eigenvalue weighted by atomic mass is 10.2. The molecule has 0 spiro atoms. The predicted octanol–water partition coefficient (Wildman–Crippen LogP) is 2.80. The van der Waals surface area contributed by atoms with Gasteiger partial charge in [0.05, 0.1) is 28.2 Å².